The molecule has 3 aliphatic rings. The molecule has 3 rings (SSSR count). The van der Waals surface area contributed by atoms with Gasteiger partial charge in [0.2, 0.25) is 0 Å². The van der Waals surface area contributed by atoms with Crippen molar-refractivity contribution in [2.24, 2.45) is 11.8 Å². The number of likely N-dealkylation sites (tertiary alicyclic amines) is 1. The Kier molecular flexibility index (Phi) is 3.21. The summed E-state index contributed by atoms with van der Waals surface area (Å²) in [6.45, 7) is 2.57. The molecule has 3 fully saturated rings. The van der Waals surface area contributed by atoms with Gasteiger partial charge >= 0.3 is 0 Å². The quantitative estimate of drug-likeness (QED) is 0.785. The Hall–Kier alpha value is -0.0800. The Morgan fingerprint density at radius 3 is 2.75 bits per heavy atom. The van der Waals surface area contributed by atoms with E-state index in [9.17, 15) is 0 Å². The predicted molar refractivity (Wildman–Crippen MR) is 67.5 cm³/mol. The van der Waals surface area contributed by atoms with Crippen LogP contribution >= 0.6 is 0 Å². The van der Waals surface area contributed by atoms with Crippen LogP contribution in [0.25, 0.3) is 0 Å². The van der Waals surface area contributed by atoms with Crippen molar-refractivity contribution in [3.63, 3.8) is 0 Å². The van der Waals surface area contributed by atoms with Gasteiger partial charge in [0, 0.05) is 12.1 Å². The van der Waals surface area contributed by atoms with E-state index in [4.69, 9.17) is 0 Å². The maximum Gasteiger partial charge on any atom is 0.0105 e. The summed E-state index contributed by atoms with van der Waals surface area (Å²) in [5.74, 6) is 2.11. The number of nitrogens with zero attached hydrogens (tertiary/aromatic N) is 1. The minimum absolute atomic E-state index is 0.867. The summed E-state index contributed by atoms with van der Waals surface area (Å²) in [5.41, 5.74) is 0. The van der Waals surface area contributed by atoms with Gasteiger partial charge in [-0.05, 0) is 70.5 Å². The third kappa shape index (κ3) is 2.14. The fraction of sp³-hybridized carbons (Fsp3) is 1.00. The third-order valence-electron chi connectivity index (χ3n) is 5.29. The lowest BCUT2D eigenvalue weighted by atomic mass is 9.95. The zero-order chi connectivity index (χ0) is 11.0. The maximum atomic E-state index is 3.83. The fourth-order valence-electron chi connectivity index (χ4n) is 4.27. The SMILES string of the molecule is CN1CCCC1CCNC1CC2CCC1C2. The van der Waals surface area contributed by atoms with Crippen LogP contribution in [-0.2, 0) is 0 Å². The van der Waals surface area contributed by atoms with Crippen LogP contribution in [0, 0.1) is 11.8 Å². The minimum atomic E-state index is 0.867. The van der Waals surface area contributed by atoms with Gasteiger partial charge in [-0.2, -0.15) is 0 Å². The molecule has 1 heterocycles. The highest BCUT2D eigenvalue weighted by Gasteiger charge is 2.39. The number of rotatable bonds is 4. The van der Waals surface area contributed by atoms with E-state index in [-0.39, 0.29) is 0 Å². The topological polar surface area (TPSA) is 15.3 Å². The summed E-state index contributed by atoms with van der Waals surface area (Å²) in [6, 6.07) is 1.75. The molecule has 0 amide bonds. The van der Waals surface area contributed by atoms with Crippen molar-refractivity contribution in [3.8, 4) is 0 Å². The van der Waals surface area contributed by atoms with Crippen LogP contribution < -0.4 is 5.32 Å². The Labute approximate surface area is 99.8 Å². The molecule has 4 unspecified atom stereocenters. The van der Waals surface area contributed by atoms with Gasteiger partial charge in [0.1, 0.15) is 0 Å². The molecule has 1 aliphatic heterocycles. The molecule has 0 aromatic heterocycles. The highest BCUT2D eigenvalue weighted by atomic mass is 15.1. The Morgan fingerprint density at radius 2 is 2.12 bits per heavy atom. The van der Waals surface area contributed by atoms with Crippen LogP contribution in [0.3, 0.4) is 0 Å². The molecule has 4 atom stereocenters. The lowest BCUT2D eigenvalue weighted by molar-refractivity contribution is 0.279. The monoisotopic (exact) mass is 222 g/mol. The van der Waals surface area contributed by atoms with Crippen molar-refractivity contribution < 1.29 is 0 Å². The average molecular weight is 222 g/mol. The van der Waals surface area contributed by atoms with Crippen molar-refractivity contribution in [2.75, 3.05) is 20.1 Å². The Bertz CT molecular complexity index is 241. The van der Waals surface area contributed by atoms with Crippen LogP contribution in [0.4, 0.5) is 0 Å². The summed E-state index contributed by atoms with van der Waals surface area (Å²) < 4.78 is 0. The average Bonchev–Trinajstić information content (AvgIpc) is 2.96. The van der Waals surface area contributed by atoms with E-state index in [2.05, 4.69) is 17.3 Å². The number of nitrogens with one attached hydrogen (secondary N) is 1. The van der Waals surface area contributed by atoms with Gasteiger partial charge in [0.05, 0.1) is 0 Å². The highest BCUT2D eigenvalue weighted by molar-refractivity contribution is 4.94. The molecule has 2 saturated carbocycles. The van der Waals surface area contributed by atoms with Crippen LogP contribution in [0.15, 0.2) is 0 Å². The molecule has 0 aromatic carbocycles. The predicted octanol–water partition coefficient (Wildman–Crippen LogP) is 2.25. The van der Waals surface area contributed by atoms with Gasteiger partial charge in [-0.15, -0.1) is 0 Å². The van der Waals surface area contributed by atoms with E-state index >= 15 is 0 Å². The first-order valence-electron chi connectivity index (χ1n) is 7.26. The van der Waals surface area contributed by atoms with Crippen molar-refractivity contribution >= 4 is 0 Å². The fourth-order valence-corrected chi connectivity index (χ4v) is 4.27. The second-order valence-corrected chi connectivity index (χ2v) is 6.30. The third-order valence-corrected chi connectivity index (χ3v) is 5.29. The minimum Gasteiger partial charge on any atom is -0.314 e. The molecule has 2 heteroatoms. The second-order valence-electron chi connectivity index (χ2n) is 6.30. The first-order valence-corrected chi connectivity index (χ1v) is 7.26. The van der Waals surface area contributed by atoms with Gasteiger partial charge in [-0.3, -0.25) is 0 Å². The Morgan fingerprint density at radius 1 is 1.19 bits per heavy atom. The first kappa shape index (κ1) is 11.0. The molecule has 0 aromatic rings. The number of fused-ring (bicyclic) bond motifs is 2. The van der Waals surface area contributed by atoms with E-state index in [1.54, 1.807) is 0 Å². The number of hydrogen-bond acceptors (Lipinski definition) is 2. The van der Waals surface area contributed by atoms with Crippen molar-refractivity contribution in [1.29, 1.82) is 0 Å². The lowest BCUT2D eigenvalue weighted by Crippen LogP contribution is -2.37. The Balaban J connectivity index is 1.37. The molecule has 16 heavy (non-hydrogen) atoms. The zero-order valence-corrected chi connectivity index (χ0v) is 10.6. The standard InChI is InChI=1S/C14H26N2/c1-16-8-2-3-13(16)6-7-15-14-10-11-4-5-12(14)9-11/h11-15H,2-10H2,1H3. The van der Waals surface area contributed by atoms with E-state index in [1.807, 2.05) is 0 Å². The van der Waals surface area contributed by atoms with Crippen molar-refractivity contribution in [2.45, 2.75) is 57.0 Å². The summed E-state index contributed by atoms with van der Waals surface area (Å²) in [6.07, 6.45) is 10.2. The normalized spacial score (nSPS) is 43.3. The van der Waals surface area contributed by atoms with E-state index < -0.39 is 0 Å². The van der Waals surface area contributed by atoms with E-state index in [1.165, 1.54) is 58.0 Å². The molecular formula is C14H26N2. The van der Waals surface area contributed by atoms with Gasteiger partial charge in [-0.25, -0.2) is 0 Å². The summed E-state index contributed by atoms with van der Waals surface area (Å²) in [4.78, 5) is 2.54. The van der Waals surface area contributed by atoms with E-state index in [0.29, 0.717) is 0 Å². The molecule has 1 saturated heterocycles. The first-order chi connectivity index (χ1) is 7.83. The van der Waals surface area contributed by atoms with Gasteiger partial charge in [0.15, 0.2) is 0 Å². The summed E-state index contributed by atoms with van der Waals surface area (Å²) >= 11 is 0. The van der Waals surface area contributed by atoms with Crippen LogP contribution in [-0.4, -0.2) is 37.1 Å². The molecular weight excluding hydrogens is 196 g/mol. The molecule has 92 valence electrons. The van der Waals surface area contributed by atoms with Crippen LogP contribution in [0.1, 0.15) is 44.9 Å². The highest BCUT2D eigenvalue weighted by Crippen LogP contribution is 2.44. The molecule has 2 nitrogen and oxygen atoms in total. The summed E-state index contributed by atoms with van der Waals surface area (Å²) in [5, 5.41) is 3.83. The summed E-state index contributed by atoms with van der Waals surface area (Å²) in [7, 11) is 2.29. The molecule has 0 radical (unpaired) electrons. The molecule has 2 bridgehead atoms. The second kappa shape index (κ2) is 4.66. The van der Waals surface area contributed by atoms with Crippen LogP contribution in [0.2, 0.25) is 0 Å². The van der Waals surface area contributed by atoms with Gasteiger partial charge in [-0.1, -0.05) is 6.42 Å². The van der Waals surface area contributed by atoms with E-state index in [0.717, 1.165) is 23.9 Å². The van der Waals surface area contributed by atoms with Gasteiger partial charge in [0.25, 0.3) is 0 Å². The van der Waals surface area contributed by atoms with Gasteiger partial charge < -0.3 is 10.2 Å². The lowest BCUT2D eigenvalue weighted by Gasteiger charge is -2.25. The maximum absolute atomic E-state index is 3.83. The largest absolute Gasteiger partial charge is 0.314 e. The van der Waals surface area contributed by atoms with Crippen LogP contribution in [0.5, 0.6) is 0 Å². The number of hydrogen-bond donors (Lipinski definition) is 1. The molecule has 1 N–H and O–H groups in total. The molecule has 0 spiro atoms. The molecule has 2 aliphatic carbocycles. The van der Waals surface area contributed by atoms with Crippen molar-refractivity contribution in [1.82, 2.24) is 10.2 Å². The smallest absolute Gasteiger partial charge is 0.0105 e. The van der Waals surface area contributed by atoms with Crippen molar-refractivity contribution in [3.05, 3.63) is 0 Å². The zero-order valence-electron chi connectivity index (χ0n) is 10.6.